The number of rotatable bonds is 6. The molecule has 3 rings (SSSR count). The van der Waals surface area contributed by atoms with E-state index in [1.165, 1.54) is 17.8 Å². The number of carbonyl (C=O) groups is 2. The SMILES string of the molecule is Cc1ccc(F)c2c1CCCN2CC(=O)Nc1ccccc1SCC(N)=O. The van der Waals surface area contributed by atoms with Gasteiger partial charge in [-0.2, -0.15) is 0 Å². The number of hydrogen-bond donors (Lipinski definition) is 2. The topological polar surface area (TPSA) is 75.4 Å². The lowest BCUT2D eigenvalue weighted by molar-refractivity contribution is -0.116. The first-order valence-corrected chi connectivity index (χ1v) is 9.77. The van der Waals surface area contributed by atoms with Crippen LogP contribution < -0.4 is 16.0 Å². The van der Waals surface area contributed by atoms with Gasteiger partial charge < -0.3 is 16.0 Å². The Kier molecular flexibility index (Phi) is 6.01. The molecule has 5 nitrogen and oxygen atoms in total. The molecule has 0 saturated heterocycles. The second-order valence-electron chi connectivity index (χ2n) is 6.52. The molecule has 7 heteroatoms. The quantitative estimate of drug-likeness (QED) is 0.747. The van der Waals surface area contributed by atoms with E-state index < -0.39 is 5.91 Å². The fourth-order valence-electron chi connectivity index (χ4n) is 3.29. The molecule has 0 bridgehead atoms. The summed E-state index contributed by atoms with van der Waals surface area (Å²) >= 11 is 1.27. The van der Waals surface area contributed by atoms with Crippen molar-refractivity contribution in [2.75, 3.05) is 29.1 Å². The van der Waals surface area contributed by atoms with E-state index in [0.29, 0.717) is 17.9 Å². The lowest BCUT2D eigenvalue weighted by atomic mass is 9.96. The lowest BCUT2D eigenvalue weighted by Crippen LogP contribution is -2.37. The van der Waals surface area contributed by atoms with Crippen molar-refractivity contribution < 1.29 is 14.0 Å². The van der Waals surface area contributed by atoms with Gasteiger partial charge in [0, 0.05) is 11.4 Å². The van der Waals surface area contributed by atoms with Crippen LogP contribution in [0.2, 0.25) is 0 Å². The normalized spacial score (nSPS) is 13.2. The minimum atomic E-state index is -0.420. The Labute approximate surface area is 162 Å². The van der Waals surface area contributed by atoms with Crippen LogP contribution in [0.3, 0.4) is 0 Å². The highest BCUT2D eigenvalue weighted by molar-refractivity contribution is 8.00. The molecule has 0 atom stereocenters. The third kappa shape index (κ3) is 4.60. The molecule has 0 unspecified atom stereocenters. The van der Waals surface area contributed by atoms with E-state index >= 15 is 0 Å². The van der Waals surface area contributed by atoms with Gasteiger partial charge in [0.1, 0.15) is 5.82 Å². The van der Waals surface area contributed by atoms with E-state index in [9.17, 15) is 14.0 Å². The van der Waals surface area contributed by atoms with Crippen LogP contribution in [0.15, 0.2) is 41.3 Å². The van der Waals surface area contributed by atoms with Crippen LogP contribution in [0, 0.1) is 12.7 Å². The number of halogens is 1. The third-order valence-corrected chi connectivity index (χ3v) is 5.60. The molecular formula is C20H22FN3O2S. The van der Waals surface area contributed by atoms with Gasteiger partial charge in [0.2, 0.25) is 11.8 Å². The van der Waals surface area contributed by atoms with Gasteiger partial charge in [-0.3, -0.25) is 9.59 Å². The second kappa shape index (κ2) is 8.43. The van der Waals surface area contributed by atoms with Crippen LogP contribution >= 0.6 is 11.8 Å². The summed E-state index contributed by atoms with van der Waals surface area (Å²) in [5, 5.41) is 2.87. The Morgan fingerprint density at radius 1 is 1.26 bits per heavy atom. The summed E-state index contributed by atoms with van der Waals surface area (Å²) in [4.78, 5) is 26.2. The van der Waals surface area contributed by atoms with Crippen LogP contribution in [-0.4, -0.2) is 30.7 Å². The number of nitrogens with one attached hydrogen (secondary N) is 1. The van der Waals surface area contributed by atoms with Gasteiger partial charge in [0.05, 0.1) is 23.7 Å². The maximum Gasteiger partial charge on any atom is 0.243 e. The number of benzene rings is 2. The number of para-hydroxylation sites is 1. The number of nitrogens with two attached hydrogens (primary N) is 1. The van der Waals surface area contributed by atoms with Gasteiger partial charge in [0.15, 0.2) is 0 Å². The molecule has 2 aromatic carbocycles. The Balaban J connectivity index is 1.73. The summed E-state index contributed by atoms with van der Waals surface area (Å²) in [5.74, 6) is -0.801. The monoisotopic (exact) mass is 387 g/mol. The van der Waals surface area contributed by atoms with Gasteiger partial charge in [-0.1, -0.05) is 18.2 Å². The Morgan fingerprint density at radius 2 is 2.04 bits per heavy atom. The average molecular weight is 387 g/mol. The molecular weight excluding hydrogens is 365 g/mol. The Hall–Kier alpha value is -2.54. The van der Waals surface area contributed by atoms with Crippen molar-refractivity contribution in [1.29, 1.82) is 0 Å². The van der Waals surface area contributed by atoms with Crippen molar-refractivity contribution in [3.63, 3.8) is 0 Å². The first kappa shape index (κ1) is 19.2. The summed E-state index contributed by atoms with van der Waals surface area (Å²) in [6, 6.07) is 10.5. The van der Waals surface area contributed by atoms with Gasteiger partial charge in [0.25, 0.3) is 0 Å². The summed E-state index contributed by atoms with van der Waals surface area (Å²) in [6.07, 6.45) is 1.71. The number of thioether (sulfide) groups is 1. The van der Waals surface area contributed by atoms with E-state index in [1.54, 1.807) is 17.0 Å². The predicted molar refractivity (Wildman–Crippen MR) is 107 cm³/mol. The minimum Gasteiger partial charge on any atom is -0.369 e. The molecule has 3 N–H and O–H groups in total. The van der Waals surface area contributed by atoms with Crippen molar-refractivity contribution in [2.24, 2.45) is 5.73 Å². The van der Waals surface area contributed by atoms with Crippen molar-refractivity contribution in [3.8, 4) is 0 Å². The maximum atomic E-state index is 14.4. The Bertz CT molecular complexity index is 872. The number of carbonyl (C=O) groups excluding carboxylic acids is 2. The largest absolute Gasteiger partial charge is 0.369 e. The lowest BCUT2D eigenvalue weighted by Gasteiger charge is -2.32. The number of fused-ring (bicyclic) bond motifs is 1. The van der Waals surface area contributed by atoms with Gasteiger partial charge in [-0.05, 0) is 49.1 Å². The summed E-state index contributed by atoms with van der Waals surface area (Å²) in [7, 11) is 0. The van der Waals surface area contributed by atoms with E-state index in [0.717, 1.165) is 28.9 Å². The highest BCUT2D eigenvalue weighted by Gasteiger charge is 2.24. The number of primary amides is 1. The second-order valence-corrected chi connectivity index (χ2v) is 7.53. The summed E-state index contributed by atoms with van der Waals surface area (Å²) in [5.41, 5.74) is 8.38. The zero-order valence-corrected chi connectivity index (χ0v) is 15.9. The van der Waals surface area contributed by atoms with Crippen LogP contribution in [0.1, 0.15) is 17.5 Å². The van der Waals surface area contributed by atoms with Crippen LogP contribution in [0.5, 0.6) is 0 Å². The first-order chi connectivity index (χ1) is 13.0. The van der Waals surface area contributed by atoms with Crippen molar-refractivity contribution >= 4 is 35.0 Å². The van der Waals surface area contributed by atoms with E-state index in [1.807, 2.05) is 25.1 Å². The minimum absolute atomic E-state index is 0.0716. The molecule has 1 heterocycles. The molecule has 0 saturated carbocycles. The van der Waals surface area contributed by atoms with E-state index in [4.69, 9.17) is 5.73 Å². The van der Waals surface area contributed by atoms with Crippen molar-refractivity contribution in [3.05, 3.63) is 53.3 Å². The zero-order chi connectivity index (χ0) is 19.4. The predicted octanol–water partition coefficient (Wildman–Crippen LogP) is 3.10. The van der Waals surface area contributed by atoms with Gasteiger partial charge >= 0.3 is 0 Å². The standard InChI is InChI=1S/C20H22FN3O2S/c1-13-8-9-15(21)20-14(13)5-4-10-24(20)11-19(26)23-16-6-2-3-7-17(16)27-12-18(22)25/h2-3,6-9H,4-5,10-12H2,1H3,(H2,22,25)(H,23,26). The smallest absolute Gasteiger partial charge is 0.243 e. The van der Waals surface area contributed by atoms with Gasteiger partial charge in [-0.25, -0.2) is 4.39 Å². The highest BCUT2D eigenvalue weighted by atomic mass is 32.2. The highest BCUT2D eigenvalue weighted by Crippen LogP contribution is 2.32. The van der Waals surface area contributed by atoms with Crippen molar-refractivity contribution in [2.45, 2.75) is 24.7 Å². The molecule has 27 heavy (non-hydrogen) atoms. The van der Waals surface area contributed by atoms with Crippen LogP contribution in [-0.2, 0) is 16.0 Å². The van der Waals surface area contributed by atoms with Crippen LogP contribution in [0.4, 0.5) is 15.8 Å². The van der Waals surface area contributed by atoms with E-state index in [-0.39, 0.29) is 24.0 Å². The molecule has 142 valence electrons. The molecule has 2 amide bonds. The number of amides is 2. The van der Waals surface area contributed by atoms with E-state index in [2.05, 4.69) is 5.32 Å². The molecule has 0 fully saturated rings. The molecule has 0 aliphatic carbocycles. The molecule has 0 spiro atoms. The summed E-state index contributed by atoms with van der Waals surface area (Å²) in [6.45, 7) is 2.68. The summed E-state index contributed by atoms with van der Waals surface area (Å²) < 4.78 is 14.4. The number of hydrogen-bond acceptors (Lipinski definition) is 4. The molecule has 2 aromatic rings. The van der Waals surface area contributed by atoms with Gasteiger partial charge in [-0.15, -0.1) is 11.8 Å². The maximum absolute atomic E-state index is 14.4. The number of anilines is 2. The van der Waals surface area contributed by atoms with Crippen LogP contribution in [0.25, 0.3) is 0 Å². The zero-order valence-electron chi connectivity index (χ0n) is 15.1. The Morgan fingerprint density at radius 3 is 2.81 bits per heavy atom. The third-order valence-electron chi connectivity index (χ3n) is 4.50. The average Bonchev–Trinajstić information content (AvgIpc) is 2.64. The molecule has 1 aliphatic rings. The number of nitrogens with zero attached hydrogens (tertiary/aromatic N) is 1. The molecule has 1 aliphatic heterocycles. The van der Waals surface area contributed by atoms with Crippen molar-refractivity contribution in [1.82, 2.24) is 0 Å². The molecule has 0 aromatic heterocycles. The number of aryl methyl sites for hydroxylation is 1. The first-order valence-electron chi connectivity index (χ1n) is 8.78. The molecule has 0 radical (unpaired) electrons. The fourth-order valence-corrected chi connectivity index (χ4v) is 4.04. The fraction of sp³-hybridized carbons (Fsp3) is 0.300.